The first-order valence-corrected chi connectivity index (χ1v) is 6.82. The molecular formula is C16H21NO5. The molecule has 120 valence electrons. The summed E-state index contributed by atoms with van der Waals surface area (Å²) in [5.74, 6) is -0.227. The Hall–Kier alpha value is -2.34. The van der Waals surface area contributed by atoms with E-state index in [1.54, 1.807) is 18.2 Å². The van der Waals surface area contributed by atoms with Gasteiger partial charge in [-0.3, -0.25) is 5.21 Å². The van der Waals surface area contributed by atoms with Gasteiger partial charge in [-0.2, -0.15) is 5.06 Å². The highest BCUT2D eigenvalue weighted by atomic mass is 16.6. The molecule has 1 amide bonds. The lowest BCUT2D eigenvalue weighted by Gasteiger charge is -2.25. The number of rotatable bonds is 1. The van der Waals surface area contributed by atoms with Gasteiger partial charge >= 0.3 is 12.1 Å². The van der Waals surface area contributed by atoms with Gasteiger partial charge in [0.2, 0.25) is 0 Å². The zero-order chi connectivity index (χ0) is 16.8. The van der Waals surface area contributed by atoms with Gasteiger partial charge in [-0.25, -0.2) is 9.59 Å². The zero-order valence-corrected chi connectivity index (χ0v) is 12.9. The van der Waals surface area contributed by atoms with Crippen molar-refractivity contribution >= 4 is 12.1 Å². The average molecular weight is 307 g/mol. The smallest absolute Gasteiger partial charge is 0.432 e. The van der Waals surface area contributed by atoms with E-state index >= 15 is 0 Å². The molecule has 1 aliphatic heterocycles. The van der Waals surface area contributed by atoms with E-state index in [0.29, 0.717) is 11.7 Å². The lowest BCUT2D eigenvalue weighted by molar-refractivity contribution is -0.134. The molecule has 6 heteroatoms. The van der Waals surface area contributed by atoms with Crippen molar-refractivity contribution in [2.24, 2.45) is 5.41 Å². The number of hydroxylamine groups is 2. The fraction of sp³-hybridized carbons (Fsp3) is 0.375. The van der Waals surface area contributed by atoms with E-state index in [9.17, 15) is 14.8 Å². The highest BCUT2D eigenvalue weighted by Gasteiger charge is 2.24. The van der Waals surface area contributed by atoms with Crippen LogP contribution in [0.5, 0.6) is 0 Å². The van der Waals surface area contributed by atoms with Crippen LogP contribution in [-0.2, 0) is 9.53 Å². The van der Waals surface area contributed by atoms with E-state index in [0.717, 1.165) is 5.57 Å². The standard InChI is InChI=1S/C12H17NO3.C4H4O2/c1-12(2,3)8-9-6-4-5-7-10(9)13(16)11(14)15;5-4-2-1-3-6-4/h4-8,10,16H,1-3H3,(H,14,15);1-2H,3H2. The van der Waals surface area contributed by atoms with Crippen molar-refractivity contribution in [2.75, 3.05) is 6.61 Å². The molecule has 0 fully saturated rings. The summed E-state index contributed by atoms with van der Waals surface area (Å²) in [6, 6.07) is -0.623. The summed E-state index contributed by atoms with van der Waals surface area (Å²) in [6.45, 7) is 6.52. The molecule has 1 heterocycles. The highest BCUT2D eigenvalue weighted by molar-refractivity contribution is 5.83. The normalized spacial score (nSPS) is 21.4. The summed E-state index contributed by atoms with van der Waals surface area (Å²) in [4.78, 5) is 20.6. The van der Waals surface area contributed by atoms with Crippen LogP contribution in [0.4, 0.5) is 4.79 Å². The summed E-state index contributed by atoms with van der Waals surface area (Å²) >= 11 is 0. The summed E-state index contributed by atoms with van der Waals surface area (Å²) < 4.78 is 4.40. The second-order valence-electron chi connectivity index (χ2n) is 5.86. The molecule has 0 saturated carbocycles. The van der Waals surface area contributed by atoms with Crippen LogP contribution in [0.1, 0.15) is 20.8 Å². The Bertz CT molecular complexity index is 537. The van der Waals surface area contributed by atoms with Crippen molar-refractivity contribution in [3.8, 4) is 0 Å². The second-order valence-corrected chi connectivity index (χ2v) is 5.86. The van der Waals surface area contributed by atoms with Gasteiger partial charge in [0, 0.05) is 6.08 Å². The van der Waals surface area contributed by atoms with Crippen molar-refractivity contribution < 1.29 is 24.6 Å². The SMILES string of the molecule is CC(C)(C)C=C1C=CC=CC1N(O)C(=O)O.O=C1C=CCO1. The van der Waals surface area contributed by atoms with Gasteiger partial charge in [0.1, 0.15) is 12.6 Å². The topological polar surface area (TPSA) is 87.1 Å². The molecule has 1 atom stereocenters. The van der Waals surface area contributed by atoms with Gasteiger partial charge in [-0.1, -0.05) is 51.2 Å². The van der Waals surface area contributed by atoms with Crippen molar-refractivity contribution in [1.29, 1.82) is 0 Å². The third-order valence-corrected chi connectivity index (χ3v) is 2.67. The van der Waals surface area contributed by atoms with Crippen LogP contribution >= 0.6 is 0 Å². The lowest BCUT2D eigenvalue weighted by Crippen LogP contribution is -2.37. The molecular weight excluding hydrogens is 286 g/mol. The van der Waals surface area contributed by atoms with E-state index in [1.807, 2.05) is 39.0 Å². The number of nitrogens with zero attached hydrogens (tertiary/aromatic N) is 1. The van der Waals surface area contributed by atoms with E-state index < -0.39 is 12.1 Å². The number of hydrogen-bond acceptors (Lipinski definition) is 4. The van der Waals surface area contributed by atoms with Crippen molar-refractivity contribution in [3.05, 3.63) is 48.1 Å². The third kappa shape index (κ3) is 5.97. The summed E-state index contributed by atoms with van der Waals surface area (Å²) in [6.07, 6.45) is 10.7. The van der Waals surface area contributed by atoms with Crippen LogP contribution in [0.25, 0.3) is 0 Å². The van der Waals surface area contributed by atoms with Crippen molar-refractivity contribution in [1.82, 2.24) is 5.06 Å². The van der Waals surface area contributed by atoms with Crippen LogP contribution < -0.4 is 0 Å². The largest absolute Gasteiger partial charge is 0.463 e. The summed E-state index contributed by atoms with van der Waals surface area (Å²) in [5.41, 5.74) is 0.711. The molecule has 2 rings (SSSR count). The Balaban J connectivity index is 0.000000335. The first kappa shape index (κ1) is 17.7. The number of ether oxygens (including phenoxy) is 1. The minimum atomic E-state index is -1.36. The van der Waals surface area contributed by atoms with Gasteiger partial charge in [0.05, 0.1) is 0 Å². The predicted octanol–water partition coefficient (Wildman–Crippen LogP) is 2.92. The number of carbonyl (C=O) groups excluding carboxylic acids is 1. The second kappa shape index (κ2) is 7.61. The quantitative estimate of drug-likeness (QED) is 0.442. The molecule has 1 aliphatic carbocycles. The summed E-state index contributed by atoms with van der Waals surface area (Å²) in [5, 5.41) is 18.5. The number of carboxylic acid groups (broad SMARTS) is 1. The van der Waals surface area contributed by atoms with Crippen LogP contribution in [0.2, 0.25) is 0 Å². The number of cyclic esters (lactones) is 1. The first-order chi connectivity index (χ1) is 10.2. The highest BCUT2D eigenvalue weighted by Crippen LogP contribution is 2.24. The Kier molecular flexibility index (Phi) is 6.12. The molecule has 0 saturated heterocycles. The average Bonchev–Trinajstić information content (AvgIpc) is 2.88. The van der Waals surface area contributed by atoms with Crippen LogP contribution in [0.15, 0.2) is 48.1 Å². The molecule has 0 spiro atoms. The maximum atomic E-state index is 10.7. The minimum Gasteiger partial charge on any atom is -0.463 e. The molecule has 6 nitrogen and oxygen atoms in total. The van der Waals surface area contributed by atoms with E-state index in [4.69, 9.17) is 5.11 Å². The molecule has 0 aromatic carbocycles. The van der Waals surface area contributed by atoms with E-state index in [1.165, 1.54) is 6.08 Å². The van der Waals surface area contributed by atoms with Crippen LogP contribution in [-0.4, -0.2) is 40.1 Å². The molecule has 0 radical (unpaired) electrons. The number of carbonyl (C=O) groups is 2. The maximum absolute atomic E-state index is 10.7. The van der Waals surface area contributed by atoms with Crippen molar-refractivity contribution in [2.45, 2.75) is 26.8 Å². The van der Waals surface area contributed by atoms with Crippen molar-refractivity contribution in [3.63, 3.8) is 0 Å². The fourth-order valence-electron chi connectivity index (χ4n) is 1.84. The lowest BCUT2D eigenvalue weighted by atomic mass is 9.89. The number of hydrogen-bond donors (Lipinski definition) is 2. The van der Waals surface area contributed by atoms with Gasteiger partial charge < -0.3 is 9.84 Å². The molecule has 0 aromatic heterocycles. The van der Waals surface area contributed by atoms with Gasteiger partial charge in [0.15, 0.2) is 0 Å². The van der Waals surface area contributed by atoms with Crippen LogP contribution in [0.3, 0.4) is 0 Å². The Labute approximate surface area is 129 Å². The molecule has 2 N–H and O–H groups in total. The zero-order valence-electron chi connectivity index (χ0n) is 12.9. The Morgan fingerprint density at radius 3 is 2.45 bits per heavy atom. The Morgan fingerprint density at radius 2 is 2.05 bits per heavy atom. The van der Waals surface area contributed by atoms with Gasteiger partial charge in [0.25, 0.3) is 0 Å². The molecule has 0 bridgehead atoms. The van der Waals surface area contributed by atoms with Crippen LogP contribution in [0, 0.1) is 5.41 Å². The molecule has 2 aliphatic rings. The maximum Gasteiger partial charge on any atom is 0.432 e. The minimum absolute atomic E-state index is 0.0670. The fourth-order valence-corrected chi connectivity index (χ4v) is 1.84. The number of amides is 1. The monoisotopic (exact) mass is 307 g/mol. The van der Waals surface area contributed by atoms with E-state index in [-0.39, 0.29) is 11.4 Å². The molecule has 0 aromatic rings. The summed E-state index contributed by atoms with van der Waals surface area (Å²) in [7, 11) is 0. The Morgan fingerprint density at radius 1 is 1.36 bits per heavy atom. The van der Waals surface area contributed by atoms with E-state index in [2.05, 4.69) is 4.74 Å². The number of allylic oxidation sites excluding steroid dienone is 3. The molecule has 1 unspecified atom stereocenters. The van der Waals surface area contributed by atoms with Gasteiger partial charge in [-0.15, -0.1) is 0 Å². The number of esters is 1. The third-order valence-electron chi connectivity index (χ3n) is 2.67. The predicted molar refractivity (Wildman–Crippen MR) is 81.4 cm³/mol. The first-order valence-electron chi connectivity index (χ1n) is 6.82. The molecule has 22 heavy (non-hydrogen) atoms. The van der Waals surface area contributed by atoms with Gasteiger partial charge in [-0.05, 0) is 17.1 Å².